The third kappa shape index (κ3) is 6.27. The van der Waals surface area contributed by atoms with Crippen molar-refractivity contribution in [2.24, 2.45) is 5.92 Å². The van der Waals surface area contributed by atoms with Crippen molar-refractivity contribution in [3.8, 4) is 0 Å². The monoisotopic (exact) mass is 454 g/mol. The number of hydrogen-bond acceptors (Lipinski definition) is 6. The Balaban J connectivity index is 1.29. The summed E-state index contributed by atoms with van der Waals surface area (Å²) >= 11 is 1.70. The van der Waals surface area contributed by atoms with E-state index >= 15 is 0 Å². The van der Waals surface area contributed by atoms with Crippen molar-refractivity contribution in [3.63, 3.8) is 0 Å². The molecular formula is C26H34N2O3S. The van der Waals surface area contributed by atoms with Crippen molar-refractivity contribution >= 4 is 28.9 Å². The second-order valence-electron chi connectivity index (χ2n) is 8.73. The van der Waals surface area contributed by atoms with Gasteiger partial charge in [-0.05, 0) is 55.6 Å². The molecule has 0 saturated heterocycles. The zero-order chi connectivity index (χ0) is 22.2. The van der Waals surface area contributed by atoms with Crippen molar-refractivity contribution in [2.75, 3.05) is 23.7 Å². The summed E-state index contributed by atoms with van der Waals surface area (Å²) in [5, 5.41) is 19.0. The van der Waals surface area contributed by atoms with Crippen LogP contribution in [0.25, 0.3) is 11.1 Å². The Bertz CT molecular complexity index is 935. The fraction of sp³-hybridized carbons (Fsp3) is 0.500. The molecule has 0 aliphatic heterocycles. The van der Waals surface area contributed by atoms with Gasteiger partial charge >= 0.3 is 0 Å². The number of thioether (sulfide) groups is 1. The first-order valence-corrected chi connectivity index (χ1v) is 12.9. The van der Waals surface area contributed by atoms with Crippen LogP contribution < -0.4 is 4.90 Å². The van der Waals surface area contributed by atoms with Crippen LogP contribution in [0.1, 0.15) is 63.2 Å². The third-order valence-electron chi connectivity index (χ3n) is 6.28. The maximum Gasteiger partial charge on any atom is 0.298 e. The molecule has 1 aromatic heterocycles. The van der Waals surface area contributed by atoms with Gasteiger partial charge in [-0.15, -0.1) is 11.8 Å². The van der Waals surface area contributed by atoms with E-state index in [-0.39, 0.29) is 0 Å². The minimum absolute atomic E-state index is 0.590. The highest BCUT2D eigenvalue weighted by Gasteiger charge is 2.21. The van der Waals surface area contributed by atoms with Gasteiger partial charge in [-0.1, -0.05) is 56.0 Å². The fourth-order valence-electron chi connectivity index (χ4n) is 4.53. The highest BCUT2D eigenvalue weighted by Crippen LogP contribution is 2.29. The quantitative estimate of drug-likeness (QED) is 0.205. The molecule has 5 nitrogen and oxygen atoms in total. The van der Waals surface area contributed by atoms with Crippen LogP contribution in [0.5, 0.6) is 0 Å². The zero-order valence-electron chi connectivity index (χ0n) is 18.7. The molecule has 0 radical (unpaired) electrons. The Morgan fingerprint density at radius 2 is 1.75 bits per heavy atom. The number of rotatable bonds is 11. The molecule has 32 heavy (non-hydrogen) atoms. The highest BCUT2D eigenvalue weighted by atomic mass is 32.2. The average molecular weight is 455 g/mol. The number of para-hydroxylation sites is 2. The molecule has 0 spiro atoms. The number of oxazole rings is 1. The second kappa shape index (κ2) is 11.7. The molecule has 1 aliphatic carbocycles. The van der Waals surface area contributed by atoms with Crippen molar-refractivity contribution in [2.45, 2.75) is 62.6 Å². The van der Waals surface area contributed by atoms with Crippen LogP contribution in [0.3, 0.4) is 0 Å². The molecule has 0 bridgehead atoms. The normalized spacial score (nSPS) is 15.0. The zero-order valence-corrected chi connectivity index (χ0v) is 19.5. The lowest BCUT2D eigenvalue weighted by Gasteiger charge is -2.28. The second-order valence-corrected chi connectivity index (χ2v) is 9.87. The van der Waals surface area contributed by atoms with Crippen LogP contribution >= 0.6 is 11.8 Å². The lowest BCUT2D eigenvalue weighted by molar-refractivity contribution is -0.0444. The number of fused-ring (bicyclic) bond motifs is 1. The van der Waals surface area contributed by atoms with Crippen LogP contribution in [-0.2, 0) is 0 Å². The van der Waals surface area contributed by atoms with Gasteiger partial charge in [-0.3, -0.25) is 0 Å². The van der Waals surface area contributed by atoms with E-state index in [0.29, 0.717) is 5.56 Å². The largest absolute Gasteiger partial charge is 0.423 e. The summed E-state index contributed by atoms with van der Waals surface area (Å²) in [6.45, 7) is 1.99. The molecule has 1 saturated carbocycles. The summed E-state index contributed by atoms with van der Waals surface area (Å²) in [4.78, 5) is 8.08. The first-order valence-electron chi connectivity index (χ1n) is 11.9. The predicted molar refractivity (Wildman–Crippen MR) is 131 cm³/mol. The minimum atomic E-state index is -1.41. The number of anilines is 1. The van der Waals surface area contributed by atoms with Crippen LogP contribution in [0.2, 0.25) is 0 Å². The molecule has 3 aromatic rings. The van der Waals surface area contributed by atoms with E-state index in [4.69, 9.17) is 9.40 Å². The molecule has 2 N–H and O–H groups in total. The third-order valence-corrected chi connectivity index (χ3v) is 7.46. The minimum Gasteiger partial charge on any atom is -0.423 e. The van der Waals surface area contributed by atoms with Gasteiger partial charge < -0.3 is 19.5 Å². The number of unbranched alkanes of at least 4 members (excludes halogenated alkanes) is 2. The van der Waals surface area contributed by atoms with Gasteiger partial charge in [0.05, 0.1) is 0 Å². The van der Waals surface area contributed by atoms with Crippen LogP contribution in [0.15, 0.2) is 57.8 Å². The molecule has 1 heterocycles. The van der Waals surface area contributed by atoms with Gasteiger partial charge in [-0.25, -0.2) is 0 Å². The maximum atomic E-state index is 9.52. The summed E-state index contributed by atoms with van der Waals surface area (Å²) in [5.74, 6) is 1.70. The first kappa shape index (κ1) is 23.1. The van der Waals surface area contributed by atoms with E-state index in [1.54, 1.807) is 17.8 Å². The Morgan fingerprint density at radius 1 is 0.969 bits per heavy atom. The predicted octanol–water partition coefficient (Wildman–Crippen LogP) is 6.16. The van der Waals surface area contributed by atoms with E-state index in [1.807, 2.05) is 42.5 Å². The lowest BCUT2D eigenvalue weighted by atomic mass is 9.89. The smallest absolute Gasteiger partial charge is 0.298 e. The van der Waals surface area contributed by atoms with Crippen molar-refractivity contribution in [1.29, 1.82) is 0 Å². The number of hydrogen-bond donors (Lipinski definition) is 2. The standard InChI is InChI=1S/C26H34N2O3S/c29-25(30)21-13-5-8-16-24(21)32-18-10-2-9-17-28(19-20-11-3-1-4-12-20)26-27-22-14-6-7-15-23(22)31-26/h5-8,13-16,20,25,29-30H,1-4,9-12,17-19H2. The van der Waals surface area contributed by atoms with Crippen LogP contribution in [-0.4, -0.2) is 34.0 Å². The van der Waals surface area contributed by atoms with Crippen molar-refractivity contribution in [3.05, 3.63) is 54.1 Å². The lowest BCUT2D eigenvalue weighted by Crippen LogP contribution is -2.31. The average Bonchev–Trinajstić information content (AvgIpc) is 3.25. The van der Waals surface area contributed by atoms with E-state index in [9.17, 15) is 10.2 Å². The van der Waals surface area contributed by atoms with E-state index in [1.165, 1.54) is 32.1 Å². The summed E-state index contributed by atoms with van der Waals surface area (Å²) in [6, 6.07) is 16.3. The van der Waals surface area contributed by atoms with Crippen molar-refractivity contribution in [1.82, 2.24) is 4.98 Å². The highest BCUT2D eigenvalue weighted by molar-refractivity contribution is 7.99. The maximum absolute atomic E-state index is 9.52. The van der Waals surface area contributed by atoms with Crippen LogP contribution in [0, 0.1) is 5.92 Å². The molecular weight excluding hydrogens is 420 g/mol. The van der Waals surface area contributed by atoms with E-state index in [2.05, 4.69) is 4.90 Å². The SMILES string of the molecule is OC(O)c1ccccc1SCCCCCN(CC1CCCCC1)c1nc2ccccc2o1. The van der Waals surface area contributed by atoms with Gasteiger partial charge in [0.2, 0.25) is 0 Å². The Labute approximate surface area is 194 Å². The molecule has 172 valence electrons. The molecule has 4 rings (SSSR count). The summed E-state index contributed by atoms with van der Waals surface area (Å²) in [5.41, 5.74) is 2.38. The summed E-state index contributed by atoms with van der Waals surface area (Å²) < 4.78 is 6.11. The number of aliphatic hydroxyl groups is 2. The van der Waals surface area contributed by atoms with E-state index in [0.717, 1.165) is 66.0 Å². The number of benzene rings is 2. The Kier molecular flexibility index (Phi) is 8.49. The van der Waals surface area contributed by atoms with Gasteiger partial charge in [0, 0.05) is 23.5 Å². The summed E-state index contributed by atoms with van der Waals surface area (Å²) in [7, 11) is 0. The molecule has 0 amide bonds. The van der Waals surface area contributed by atoms with Gasteiger partial charge in [0.1, 0.15) is 5.52 Å². The Hall–Kier alpha value is -2.02. The molecule has 6 heteroatoms. The summed E-state index contributed by atoms with van der Waals surface area (Å²) in [6.07, 6.45) is 8.56. The fourth-order valence-corrected chi connectivity index (χ4v) is 5.61. The van der Waals surface area contributed by atoms with Gasteiger partial charge in [-0.2, -0.15) is 4.98 Å². The molecule has 0 unspecified atom stereocenters. The Morgan fingerprint density at radius 3 is 2.56 bits per heavy atom. The number of aromatic nitrogens is 1. The van der Waals surface area contributed by atoms with Crippen LogP contribution in [0.4, 0.5) is 6.01 Å². The van der Waals surface area contributed by atoms with Gasteiger partial charge in [0.25, 0.3) is 6.01 Å². The molecule has 1 fully saturated rings. The molecule has 0 atom stereocenters. The van der Waals surface area contributed by atoms with Crippen molar-refractivity contribution < 1.29 is 14.6 Å². The number of nitrogens with zero attached hydrogens (tertiary/aromatic N) is 2. The first-order chi connectivity index (χ1) is 15.7. The van der Waals surface area contributed by atoms with Gasteiger partial charge in [0.15, 0.2) is 11.9 Å². The molecule has 1 aliphatic rings. The molecule has 2 aromatic carbocycles. The topological polar surface area (TPSA) is 69.7 Å². The van der Waals surface area contributed by atoms with E-state index < -0.39 is 6.29 Å². The number of aliphatic hydroxyl groups excluding tert-OH is 1.